The minimum absolute atomic E-state index is 0.343. The highest BCUT2D eigenvalue weighted by Gasteiger charge is 2.23. The molecule has 1 aliphatic carbocycles. The number of hydrogen-bond donors (Lipinski definition) is 1. The zero-order valence-electron chi connectivity index (χ0n) is 11.5. The summed E-state index contributed by atoms with van der Waals surface area (Å²) in [5, 5.41) is 2.61. The smallest absolute Gasteiger partial charge is 0.407 e. The summed E-state index contributed by atoms with van der Waals surface area (Å²) in [5.41, 5.74) is 0. The molecule has 5 heteroatoms. The van der Waals surface area contributed by atoms with E-state index in [0.29, 0.717) is 31.6 Å². The summed E-state index contributed by atoms with van der Waals surface area (Å²) in [6, 6.07) is 0. The molecule has 0 aliphatic heterocycles. The summed E-state index contributed by atoms with van der Waals surface area (Å²) >= 11 is 0. The highest BCUT2D eigenvalue weighted by Crippen LogP contribution is 2.29. The fourth-order valence-corrected chi connectivity index (χ4v) is 2.21. The van der Waals surface area contributed by atoms with Crippen molar-refractivity contribution < 1.29 is 19.1 Å². The van der Waals surface area contributed by atoms with Crippen molar-refractivity contribution in [2.24, 2.45) is 11.8 Å². The normalized spacial score (nSPS) is 22.4. The monoisotopic (exact) mass is 269 g/mol. The Morgan fingerprint density at radius 3 is 2.16 bits per heavy atom. The molecule has 19 heavy (non-hydrogen) atoms. The van der Waals surface area contributed by atoms with E-state index < -0.39 is 0 Å². The molecular weight excluding hydrogens is 246 g/mol. The number of amides is 1. The first-order valence-electron chi connectivity index (χ1n) is 6.85. The van der Waals surface area contributed by atoms with Crippen molar-refractivity contribution >= 4 is 12.1 Å². The molecule has 1 amide bonds. The Balaban J connectivity index is 2.13. The Bertz CT molecular complexity index is 309. The van der Waals surface area contributed by atoms with E-state index in [0.717, 1.165) is 25.7 Å². The van der Waals surface area contributed by atoms with Crippen LogP contribution < -0.4 is 5.32 Å². The molecular formula is C14H23NO4. The predicted molar refractivity (Wildman–Crippen MR) is 71.6 cm³/mol. The number of carbonyl (C=O) groups excluding carboxylic acids is 2. The van der Waals surface area contributed by atoms with Crippen LogP contribution >= 0.6 is 0 Å². The maximum absolute atomic E-state index is 11.2. The second-order valence-corrected chi connectivity index (χ2v) is 4.85. The topological polar surface area (TPSA) is 64.6 Å². The summed E-state index contributed by atoms with van der Waals surface area (Å²) in [7, 11) is 0. The van der Waals surface area contributed by atoms with Gasteiger partial charge in [-0.1, -0.05) is 6.58 Å². The molecule has 1 saturated carbocycles. The van der Waals surface area contributed by atoms with Gasteiger partial charge in [-0.05, 0) is 44.4 Å². The molecule has 0 atom stereocenters. The van der Waals surface area contributed by atoms with Crippen molar-refractivity contribution in [3.8, 4) is 0 Å². The number of alkyl carbamates (subject to hydrolysis) is 1. The Labute approximate surface area is 114 Å². The first-order valence-corrected chi connectivity index (χ1v) is 6.85. The number of ether oxygens (including phenoxy) is 2. The van der Waals surface area contributed by atoms with Crippen LogP contribution in [0.1, 0.15) is 32.6 Å². The van der Waals surface area contributed by atoms with Crippen molar-refractivity contribution in [1.82, 2.24) is 5.32 Å². The fraction of sp³-hybridized carbons (Fsp3) is 0.714. The van der Waals surface area contributed by atoms with Crippen LogP contribution in [0.5, 0.6) is 0 Å². The number of nitrogens with one attached hydrogen (secondary N) is 1. The molecule has 0 unspecified atom stereocenters. The highest BCUT2D eigenvalue weighted by molar-refractivity contribution is 5.81. The van der Waals surface area contributed by atoms with Gasteiger partial charge in [-0.2, -0.15) is 0 Å². The third-order valence-electron chi connectivity index (χ3n) is 3.37. The maximum Gasteiger partial charge on any atom is 0.407 e. The maximum atomic E-state index is 11.2. The molecule has 5 nitrogen and oxygen atoms in total. The van der Waals surface area contributed by atoms with Gasteiger partial charge in [0.1, 0.15) is 0 Å². The lowest BCUT2D eigenvalue weighted by Crippen LogP contribution is -2.28. The average molecular weight is 269 g/mol. The van der Waals surface area contributed by atoms with Crippen molar-refractivity contribution in [2.75, 3.05) is 19.8 Å². The van der Waals surface area contributed by atoms with Crippen LogP contribution in [0.25, 0.3) is 0 Å². The van der Waals surface area contributed by atoms with E-state index in [9.17, 15) is 9.59 Å². The molecule has 0 heterocycles. The number of carbonyl (C=O) groups is 2. The van der Waals surface area contributed by atoms with Crippen molar-refractivity contribution in [2.45, 2.75) is 32.6 Å². The molecule has 0 spiro atoms. The third-order valence-corrected chi connectivity index (χ3v) is 3.37. The minimum atomic E-state index is -0.360. The standard InChI is InChI=1S/C14H23NO4/c1-3-13(16)18-9-11-5-7-12(8-6-11)10-19-14(17)15-4-2/h3,11-12H,1,4-10H2,2H3,(H,15,17). The van der Waals surface area contributed by atoms with Crippen LogP contribution in [0.3, 0.4) is 0 Å². The molecule has 1 fully saturated rings. The molecule has 1 aliphatic rings. The molecule has 108 valence electrons. The van der Waals surface area contributed by atoms with Crippen LogP contribution in [0, 0.1) is 11.8 Å². The minimum Gasteiger partial charge on any atom is -0.462 e. The van der Waals surface area contributed by atoms with Crippen LogP contribution in [0.2, 0.25) is 0 Å². The van der Waals surface area contributed by atoms with E-state index in [1.54, 1.807) is 0 Å². The van der Waals surface area contributed by atoms with E-state index in [4.69, 9.17) is 9.47 Å². The largest absolute Gasteiger partial charge is 0.462 e. The lowest BCUT2D eigenvalue weighted by atomic mass is 9.83. The SMILES string of the molecule is C=CC(=O)OCC1CCC(COC(=O)NCC)CC1. The van der Waals surface area contributed by atoms with E-state index in [2.05, 4.69) is 11.9 Å². The zero-order valence-corrected chi connectivity index (χ0v) is 11.5. The van der Waals surface area contributed by atoms with Crippen molar-refractivity contribution in [3.05, 3.63) is 12.7 Å². The van der Waals surface area contributed by atoms with Crippen LogP contribution in [0.15, 0.2) is 12.7 Å². The summed E-state index contributed by atoms with van der Waals surface area (Å²) in [5.74, 6) is 0.486. The molecule has 0 aromatic heterocycles. The first kappa shape index (κ1) is 15.5. The molecule has 0 aromatic rings. The second-order valence-electron chi connectivity index (χ2n) is 4.85. The molecule has 1 rings (SSSR count). The second kappa shape index (κ2) is 8.56. The van der Waals surface area contributed by atoms with Crippen LogP contribution in [0.4, 0.5) is 4.79 Å². The summed E-state index contributed by atoms with van der Waals surface area (Å²) in [4.78, 5) is 22.1. The van der Waals surface area contributed by atoms with Gasteiger partial charge in [-0.15, -0.1) is 0 Å². The summed E-state index contributed by atoms with van der Waals surface area (Å²) < 4.78 is 10.2. The fourth-order valence-electron chi connectivity index (χ4n) is 2.21. The lowest BCUT2D eigenvalue weighted by molar-refractivity contribution is -0.139. The summed E-state index contributed by atoms with van der Waals surface area (Å²) in [6.45, 7) is 6.75. The lowest BCUT2D eigenvalue weighted by Gasteiger charge is -2.27. The van der Waals surface area contributed by atoms with Gasteiger partial charge in [0.25, 0.3) is 0 Å². The number of esters is 1. The third kappa shape index (κ3) is 6.27. The van der Waals surface area contributed by atoms with E-state index >= 15 is 0 Å². The Kier molecular flexibility index (Phi) is 7.00. The van der Waals surface area contributed by atoms with Gasteiger partial charge in [0.2, 0.25) is 0 Å². The molecule has 0 bridgehead atoms. The van der Waals surface area contributed by atoms with Crippen molar-refractivity contribution in [1.29, 1.82) is 0 Å². The Morgan fingerprint density at radius 2 is 1.68 bits per heavy atom. The molecule has 0 aromatic carbocycles. The van der Waals surface area contributed by atoms with Gasteiger partial charge in [0.05, 0.1) is 13.2 Å². The first-order chi connectivity index (χ1) is 9.15. The highest BCUT2D eigenvalue weighted by atomic mass is 16.5. The summed E-state index contributed by atoms with van der Waals surface area (Å²) in [6.07, 6.45) is 4.88. The van der Waals surface area contributed by atoms with Gasteiger partial charge in [0.15, 0.2) is 0 Å². The van der Waals surface area contributed by atoms with Crippen molar-refractivity contribution in [3.63, 3.8) is 0 Å². The van der Waals surface area contributed by atoms with Gasteiger partial charge in [-0.25, -0.2) is 9.59 Å². The van der Waals surface area contributed by atoms with Crippen LogP contribution in [-0.4, -0.2) is 31.8 Å². The van der Waals surface area contributed by atoms with Gasteiger partial charge in [0, 0.05) is 12.6 Å². The predicted octanol–water partition coefficient (Wildman–Crippen LogP) is 2.27. The number of rotatable bonds is 6. The van der Waals surface area contributed by atoms with Crippen LogP contribution in [-0.2, 0) is 14.3 Å². The molecule has 0 radical (unpaired) electrons. The van der Waals surface area contributed by atoms with Gasteiger partial charge in [-0.3, -0.25) is 0 Å². The quantitative estimate of drug-likeness (QED) is 0.593. The number of hydrogen-bond acceptors (Lipinski definition) is 4. The zero-order chi connectivity index (χ0) is 14.1. The van der Waals surface area contributed by atoms with Gasteiger partial charge < -0.3 is 14.8 Å². The van der Waals surface area contributed by atoms with E-state index in [1.807, 2.05) is 6.92 Å². The Hall–Kier alpha value is -1.52. The van der Waals surface area contributed by atoms with E-state index in [1.165, 1.54) is 6.08 Å². The molecule has 1 N–H and O–H groups in total. The van der Waals surface area contributed by atoms with E-state index in [-0.39, 0.29) is 12.1 Å². The average Bonchev–Trinajstić information content (AvgIpc) is 2.44. The van der Waals surface area contributed by atoms with Gasteiger partial charge >= 0.3 is 12.1 Å². The Morgan fingerprint density at radius 1 is 1.16 bits per heavy atom. The molecule has 0 saturated heterocycles.